The molecule has 0 aliphatic carbocycles. The number of hydrogen-bond donors (Lipinski definition) is 4. The number of likely N-dealkylation sites (N-methyl/N-ethyl adjacent to an activating group) is 1. The molecule has 5 N–H and O–H groups in total. The largest absolute Gasteiger partial charge is 0.377 e. The van der Waals surface area contributed by atoms with E-state index >= 15 is 0 Å². The van der Waals surface area contributed by atoms with Gasteiger partial charge in [-0.05, 0) is 56.3 Å². The van der Waals surface area contributed by atoms with Crippen LogP contribution in [0.2, 0.25) is 0 Å². The molecule has 3 saturated heterocycles. The molecule has 43 heavy (non-hydrogen) atoms. The van der Waals surface area contributed by atoms with Crippen LogP contribution in [-0.4, -0.2) is 102 Å². The van der Waals surface area contributed by atoms with E-state index in [2.05, 4.69) is 49.5 Å². The molecule has 0 unspecified atom stereocenters. The first-order valence-corrected chi connectivity index (χ1v) is 15.2. The second-order valence-corrected chi connectivity index (χ2v) is 11.8. The van der Waals surface area contributed by atoms with Crippen molar-refractivity contribution in [2.45, 2.75) is 24.9 Å². The van der Waals surface area contributed by atoms with Crippen LogP contribution >= 0.6 is 0 Å². The number of benzene rings is 2. The predicted molar refractivity (Wildman–Crippen MR) is 170 cm³/mol. The molecule has 2 aromatic carbocycles. The van der Waals surface area contributed by atoms with E-state index in [4.69, 9.17) is 20.4 Å². The summed E-state index contributed by atoms with van der Waals surface area (Å²) in [7, 11) is 2.21. The molecule has 2 aromatic heterocycles. The zero-order valence-electron chi connectivity index (χ0n) is 24.6. The summed E-state index contributed by atoms with van der Waals surface area (Å²) in [5.74, 6) is 0.256. The molecular weight excluding hydrogens is 542 g/mol. The Labute approximate surface area is 251 Å². The summed E-state index contributed by atoms with van der Waals surface area (Å²) in [5, 5.41) is 7.77. The summed E-state index contributed by atoms with van der Waals surface area (Å²) in [5.41, 5.74) is 10.4. The number of ether oxygens (including phenoxy) is 1. The summed E-state index contributed by atoms with van der Waals surface area (Å²) in [6, 6.07) is 17.0. The van der Waals surface area contributed by atoms with Crippen molar-refractivity contribution in [3.63, 3.8) is 0 Å². The average Bonchev–Trinajstić information content (AvgIpc) is 3.49. The molecule has 3 aliphatic heterocycles. The number of H-pyrrole nitrogens is 1. The number of carbonyl (C=O) groups is 1. The van der Waals surface area contributed by atoms with Crippen molar-refractivity contribution in [2.24, 2.45) is 5.73 Å². The molecule has 11 nitrogen and oxygen atoms in total. The lowest BCUT2D eigenvalue weighted by Gasteiger charge is -2.42. The van der Waals surface area contributed by atoms with Crippen LogP contribution in [0.1, 0.15) is 23.3 Å². The molecule has 0 saturated carbocycles. The molecule has 3 fully saturated rings. The molecule has 4 aromatic rings. The number of piperidine rings is 1. The fourth-order valence-corrected chi connectivity index (χ4v) is 6.36. The SMILES string of the molecule is CN1CCN(C2CCN(c3ccc(Nc4nc(NC5COC5)c(-c5cccc6[nH]ccc56)nc4C(N)=O)cc3)CC2)CC1. The van der Waals surface area contributed by atoms with Gasteiger partial charge in [-0.15, -0.1) is 0 Å². The van der Waals surface area contributed by atoms with Gasteiger partial charge >= 0.3 is 0 Å². The van der Waals surface area contributed by atoms with Gasteiger partial charge in [-0.2, -0.15) is 0 Å². The Morgan fingerprint density at radius 1 is 0.953 bits per heavy atom. The molecule has 11 heteroatoms. The van der Waals surface area contributed by atoms with E-state index in [1.54, 1.807) is 0 Å². The molecule has 0 bridgehead atoms. The number of amides is 1. The summed E-state index contributed by atoms with van der Waals surface area (Å²) in [4.78, 5) is 33.1. The highest BCUT2D eigenvalue weighted by Gasteiger charge is 2.27. The second-order valence-electron chi connectivity index (χ2n) is 11.8. The molecule has 0 atom stereocenters. The van der Waals surface area contributed by atoms with E-state index in [-0.39, 0.29) is 11.7 Å². The third-order valence-corrected chi connectivity index (χ3v) is 8.97. The highest BCUT2D eigenvalue weighted by molar-refractivity contribution is 6.00. The number of aromatic amines is 1. The van der Waals surface area contributed by atoms with Gasteiger partial charge in [0.05, 0.1) is 19.3 Å². The first kappa shape index (κ1) is 27.6. The highest BCUT2D eigenvalue weighted by atomic mass is 16.5. The van der Waals surface area contributed by atoms with Gasteiger partial charge in [0.1, 0.15) is 5.69 Å². The molecule has 0 spiro atoms. The van der Waals surface area contributed by atoms with E-state index in [0.29, 0.717) is 36.6 Å². The standard InChI is InChI=1S/C32H39N9O2/c1-39-15-17-41(18-16-39)24-10-13-40(14-11-24)23-7-5-21(6-8-23)35-32-29(30(33)42)37-28(31(38-32)36-22-19-43-20-22)26-3-2-4-27-25(26)9-12-34-27/h2-9,12,22,24,34H,10-11,13-20H2,1H3,(H2,33,42)(H2,35,36,38). The first-order chi connectivity index (χ1) is 21.0. The van der Waals surface area contributed by atoms with Gasteiger partial charge in [0.15, 0.2) is 17.3 Å². The Balaban J connectivity index is 1.11. The fraction of sp³-hybridized carbons (Fsp3) is 0.406. The van der Waals surface area contributed by atoms with E-state index in [1.165, 1.54) is 31.6 Å². The maximum absolute atomic E-state index is 12.6. The lowest BCUT2D eigenvalue weighted by molar-refractivity contribution is 0.0209. The van der Waals surface area contributed by atoms with Crippen LogP contribution in [0.5, 0.6) is 0 Å². The number of nitrogens with one attached hydrogen (secondary N) is 3. The number of nitrogens with zero attached hydrogens (tertiary/aromatic N) is 5. The van der Waals surface area contributed by atoms with E-state index in [9.17, 15) is 4.79 Å². The normalized spacial score (nSPS) is 19.0. The molecule has 1 amide bonds. The fourth-order valence-electron chi connectivity index (χ4n) is 6.36. The summed E-state index contributed by atoms with van der Waals surface area (Å²) in [6.45, 7) is 7.95. The average molecular weight is 582 g/mol. The zero-order valence-corrected chi connectivity index (χ0v) is 24.6. The number of carbonyl (C=O) groups excluding carboxylic acids is 1. The van der Waals surface area contributed by atoms with Crippen LogP contribution in [0.15, 0.2) is 54.7 Å². The lowest BCUT2D eigenvalue weighted by atomic mass is 10.0. The number of anilines is 4. The Morgan fingerprint density at radius 3 is 2.42 bits per heavy atom. The molecule has 7 rings (SSSR count). The van der Waals surface area contributed by atoms with Crippen molar-refractivity contribution in [3.8, 4) is 11.3 Å². The highest BCUT2D eigenvalue weighted by Crippen LogP contribution is 2.34. The van der Waals surface area contributed by atoms with Crippen LogP contribution in [-0.2, 0) is 4.74 Å². The van der Waals surface area contributed by atoms with Gasteiger partial charge in [-0.3, -0.25) is 9.69 Å². The minimum Gasteiger partial charge on any atom is -0.377 e. The van der Waals surface area contributed by atoms with Crippen LogP contribution < -0.4 is 21.3 Å². The van der Waals surface area contributed by atoms with Crippen molar-refractivity contribution < 1.29 is 9.53 Å². The van der Waals surface area contributed by atoms with Crippen molar-refractivity contribution in [3.05, 3.63) is 60.4 Å². The van der Waals surface area contributed by atoms with E-state index in [0.717, 1.165) is 48.3 Å². The Hall–Kier alpha value is -4.19. The first-order valence-electron chi connectivity index (χ1n) is 15.2. The Bertz CT molecular complexity index is 1580. The van der Waals surface area contributed by atoms with Gasteiger partial charge in [-0.25, -0.2) is 9.97 Å². The zero-order chi connectivity index (χ0) is 29.3. The topological polar surface area (TPSA) is 128 Å². The minimum atomic E-state index is -0.643. The van der Waals surface area contributed by atoms with Crippen molar-refractivity contribution in [2.75, 3.05) is 75.1 Å². The Kier molecular flexibility index (Phi) is 7.60. The van der Waals surface area contributed by atoms with Gasteiger partial charge in [-0.1, -0.05) is 12.1 Å². The number of primary amides is 1. The lowest BCUT2D eigenvalue weighted by Crippen LogP contribution is -2.52. The van der Waals surface area contributed by atoms with Crippen LogP contribution in [0.4, 0.5) is 23.0 Å². The third-order valence-electron chi connectivity index (χ3n) is 8.97. The number of hydrogen-bond acceptors (Lipinski definition) is 9. The smallest absolute Gasteiger partial charge is 0.271 e. The quantitative estimate of drug-likeness (QED) is 0.247. The van der Waals surface area contributed by atoms with Crippen molar-refractivity contribution >= 4 is 39.8 Å². The molecule has 224 valence electrons. The van der Waals surface area contributed by atoms with Gasteiger partial charge in [0.25, 0.3) is 5.91 Å². The maximum atomic E-state index is 12.6. The summed E-state index contributed by atoms with van der Waals surface area (Å²) in [6.07, 6.45) is 4.26. The van der Waals surface area contributed by atoms with Crippen LogP contribution in [0, 0.1) is 0 Å². The Morgan fingerprint density at radius 2 is 1.72 bits per heavy atom. The van der Waals surface area contributed by atoms with Gasteiger partial charge in [0, 0.05) is 79.3 Å². The summed E-state index contributed by atoms with van der Waals surface area (Å²) >= 11 is 0. The number of aromatic nitrogens is 3. The minimum absolute atomic E-state index is 0.0907. The number of fused-ring (bicyclic) bond motifs is 1. The molecular formula is C32H39N9O2. The number of piperazine rings is 1. The van der Waals surface area contributed by atoms with Crippen molar-refractivity contribution in [1.82, 2.24) is 24.8 Å². The van der Waals surface area contributed by atoms with Crippen LogP contribution in [0.3, 0.4) is 0 Å². The van der Waals surface area contributed by atoms with E-state index < -0.39 is 5.91 Å². The van der Waals surface area contributed by atoms with Gasteiger partial charge in [0.2, 0.25) is 0 Å². The molecule has 5 heterocycles. The molecule has 0 radical (unpaired) electrons. The van der Waals surface area contributed by atoms with E-state index in [1.807, 2.05) is 42.6 Å². The third kappa shape index (κ3) is 5.75. The summed E-state index contributed by atoms with van der Waals surface area (Å²) < 4.78 is 5.39. The van der Waals surface area contributed by atoms with Gasteiger partial charge < -0.3 is 35.9 Å². The number of rotatable bonds is 8. The molecule has 3 aliphatic rings. The predicted octanol–water partition coefficient (Wildman–Crippen LogP) is 3.49. The van der Waals surface area contributed by atoms with Crippen molar-refractivity contribution in [1.29, 1.82) is 0 Å². The number of nitrogens with two attached hydrogens (primary N) is 1. The maximum Gasteiger partial charge on any atom is 0.271 e. The van der Waals surface area contributed by atoms with Crippen LogP contribution in [0.25, 0.3) is 22.2 Å². The second kappa shape index (κ2) is 11.8. The monoisotopic (exact) mass is 581 g/mol.